The van der Waals surface area contributed by atoms with Crippen LogP contribution in [-0.2, 0) is 15.5 Å². The lowest BCUT2D eigenvalue weighted by Gasteiger charge is -2.13. The molecule has 0 aromatic heterocycles. The van der Waals surface area contributed by atoms with Gasteiger partial charge >= 0.3 is 5.97 Å². The third kappa shape index (κ3) is 3.20. The Hall–Kier alpha value is -0.730. The van der Waals surface area contributed by atoms with Gasteiger partial charge in [0.25, 0.3) is 0 Å². The van der Waals surface area contributed by atoms with Crippen LogP contribution in [0.2, 0.25) is 0 Å². The Morgan fingerprint density at radius 2 is 1.86 bits per heavy atom. The number of hydrogen-bond donors (Lipinski definition) is 1. The van der Waals surface area contributed by atoms with Crippen LogP contribution in [0.15, 0.2) is 24.3 Å². The maximum Gasteiger partial charge on any atom is 0.307 e. The second-order valence-corrected chi connectivity index (χ2v) is 4.86. The Kier molecular flexibility index (Phi) is 3.40. The van der Waals surface area contributed by atoms with Gasteiger partial charge in [0.15, 0.2) is 0 Å². The highest BCUT2D eigenvalue weighted by Crippen LogP contribution is 2.32. The molecule has 0 saturated heterocycles. The fourth-order valence-electron chi connectivity index (χ4n) is 1.09. The van der Waals surface area contributed by atoms with E-state index in [2.05, 4.69) is 0 Å². The molecule has 0 spiro atoms. The minimum absolute atomic E-state index is 0.0154. The molecular formula is C10H10Cl2O2. The van der Waals surface area contributed by atoms with Gasteiger partial charge in [-0.3, -0.25) is 4.79 Å². The van der Waals surface area contributed by atoms with Crippen molar-refractivity contribution in [2.75, 3.05) is 0 Å². The van der Waals surface area contributed by atoms with Crippen LogP contribution >= 0.6 is 23.2 Å². The average molecular weight is 233 g/mol. The molecule has 0 atom stereocenters. The normalized spacial score (nSPS) is 11.4. The molecule has 0 saturated carbocycles. The molecule has 0 amide bonds. The number of aliphatic carboxylic acids is 1. The van der Waals surface area contributed by atoms with Gasteiger partial charge in [-0.1, -0.05) is 47.5 Å². The Morgan fingerprint density at radius 3 is 2.21 bits per heavy atom. The molecule has 0 unspecified atom stereocenters. The fraction of sp³-hybridized carbons (Fsp3) is 0.300. The molecule has 14 heavy (non-hydrogen) atoms. The second-order valence-electron chi connectivity index (χ2n) is 3.16. The minimum atomic E-state index is -0.929. The summed E-state index contributed by atoms with van der Waals surface area (Å²) in [5, 5.41) is 8.54. The van der Waals surface area contributed by atoms with Gasteiger partial charge in [-0.25, -0.2) is 0 Å². The van der Waals surface area contributed by atoms with E-state index in [9.17, 15) is 4.79 Å². The number of alkyl halides is 2. The van der Waals surface area contributed by atoms with E-state index >= 15 is 0 Å². The van der Waals surface area contributed by atoms with Crippen LogP contribution in [0.1, 0.15) is 18.1 Å². The van der Waals surface area contributed by atoms with Crippen LogP contribution in [0, 0.1) is 0 Å². The number of carbonyl (C=O) groups is 1. The van der Waals surface area contributed by atoms with Gasteiger partial charge in [0.1, 0.15) is 4.33 Å². The molecule has 0 bridgehead atoms. The zero-order valence-electron chi connectivity index (χ0n) is 7.63. The Bertz CT molecular complexity index is 325. The SMILES string of the molecule is CC(Cl)(Cl)c1ccc(CC(=O)O)cc1. The first kappa shape index (κ1) is 11.3. The highest BCUT2D eigenvalue weighted by atomic mass is 35.5. The quantitative estimate of drug-likeness (QED) is 0.815. The van der Waals surface area contributed by atoms with Gasteiger partial charge < -0.3 is 5.11 Å². The van der Waals surface area contributed by atoms with E-state index in [0.29, 0.717) is 0 Å². The average Bonchev–Trinajstić information content (AvgIpc) is 2.02. The van der Waals surface area contributed by atoms with Crippen molar-refractivity contribution in [2.45, 2.75) is 17.7 Å². The van der Waals surface area contributed by atoms with Crippen LogP contribution < -0.4 is 0 Å². The lowest BCUT2D eigenvalue weighted by Crippen LogP contribution is -2.04. The van der Waals surface area contributed by atoms with E-state index < -0.39 is 10.3 Å². The zero-order chi connectivity index (χ0) is 10.8. The van der Waals surface area contributed by atoms with E-state index in [4.69, 9.17) is 28.3 Å². The van der Waals surface area contributed by atoms with Crippen molar-refractivity contribution >= 4 is 29.2 Å². The number of halogens is 2. The van der Waals surface area contributed by atoms with E-state index in [0.717, 1.165) is 11.1 Å². The van der Waals surface area contributed by atoms with Crippen molar-refractivity contribution in [1.82, 2.24) is 0 Å². The highest BCUT2D eigenvalue weighted by molar-refractivity contribution is 6.47. The first-order valence-electron chi connectivity index (χ1n) is 4.08. The molecule has 0 fully saturated rings. The maximum absolute atomic E-state index is 10.4. The van der Waals surface area contributed by atoms with Gasteiger partial charge in [0.05, 0.1) is 6.42 Å². The lowest BCUT2D eigenvalue weighted by atomic mass is 10.1. The van der Waals surface area contributed by atoms with Crippen molar-refractivity contribution in [1.29, 1.82) is 0 Å². The summed E-state index contributed by atoms with van der Waals surface area (Å²) >= 11 is 11.7. The molecule has 0 aliphatic heterocycles. The third-order valence-corrected chi connectivity index (χ3v) is 2.25. The molecule has 76 valence electrons. The molecule has 0 aliphatic carbocycles. The van der Waals surface area contributed by atoms with Crippen molar-refractivity contribution in [3.63, 3.8) is 0 Å². The zero-order valence-corrected chi connectivity index (χ0v) is 9.14. The lowest BCUT2D eigenvalue weighted by molar-refractivity contribution is -0.136. The van der Waals surface area contributed by atoms with Gasteiger partial charge in [0.2, 0.25) is 0 Å². The van der Waals surface area contributed by atoms with Crippen LogP contribution in [0.4, 0.5) is 0 Å². The van der Waals surface area contributed by atoms with Crippen molar-refractivity contribution < 1.29 is 9.90 Å². The summed E-state index contributed by atoms with van der Waals surface area (Å²) < 4.78 is -0.929. The number of benzene rings is 1. The molecule has 1 N–H and O–H groups in total. The number of carboxylic acid groups (broad SMARTS) is 1. The third-order valence-electron chi connectivity index (χ3n) is 1.82. The van der Waals surface area contributed by atoms with E-state index in [1.54, 1.807) is 31.2 Å². The van der Waals surface area contributed by atoms with E-state index in [1.165, 1.54) is 0 Å². The molecule has 1 aromatic carbocycles. The summed E-state index contributed by atoms with van der Waals surface area (Å²) in [6, 6.07) is 6.90. The Morgan fingerprint density at radius 1 is 1.36 bits per heavy atom. The molecule has 2 nitrogen and oxygen atoms in total. The largest absolute Gasteiger partial charge is 0.481 e. The predicted molar refractivity (Wildman–Crippen MR) is 56.8 cm³/mol. The van der Waals surface area contributed by atoms with Gasteiger partial charge in [-0.2, -0.15) is 0 Å². The fourth-order valence-corrected chi connectivity index (χ4v) is 1.34. The Balaban J connectivity index is 2.84. The minimum Gasteiger partial charge on any atom is -0.481 e. The number of hydrogen-bond acceptors (Lipinski definition) is 1. The second kappa shape index (κ2) is 4.20. The summed E-state index contributed by atoms with van der Waals surface area (Å²) in [6.45, 7) is 1.67. The smallest absolute Gasteiger partial charge is 0.307 e. The van der Waals surface area contributed by atoms with Crippen LogP contribution in [0.3, 0.4) is 0 Å². The predicted octanol–water partition coefficient (Wildman–Crippen LogP) is 2.96. The van der Waals surface area contributed by atoms with Gasteiger partial charge in [0, 0.05) is 0 Å². The molecular weight excluding hydrogens is 223 g/mol. The summed E-state index contributed by atoms with van der Waals surface area (Å²) in [4.78, 5) is 10.4. The van der Waals surface area contributed by atoms with E-state index in [-0.39, 0.29) is 6.42 Å². The summed E-state index contributed by atoms with van der Waals surface area (Å²) in [5.41, 5.74) is 1.49. The van der Waals surface area contributed by atoms with Crippen LogP contribution in [0.25, 0.3) is 0 Å². The van der Waals surface area contributed by atoms with Gasteiger partial charge in [-0.15, -0.1) is 0 Å². The summed E-state index contributed by atoms with van der Waals surface area (Å²) in [6.07, 6.45) is 0.0154. The molecule has 1 aromatic rings. The molecule has 0 heterocycles. The maximum atomic E-state index is 10.4. The van der Waals surface area contributed by atoms with Crippen LogP contribution in [0.5, 0.6) is 0 Å². The highest BCUT2D eigenvalue weighted by Gasteiger charge is 2.18. The topological polar surface area (TPSA) is 37.3 Å². The van der Waals surface area contributed by atoms with Crippen molar-refractivity contribution in [2.24, 2.45) is 0 Å². The van der Waals surface area contributed by atoms with Gasteiger partial charge in [-0.05, 0) is 18.1 Å². The molecule has 0 radical (unpaired) electrons. The first-order chi connectivity index (χ1) is 6.39. The first-order valence-corrected chi connectivity index (χ1v) is 4.84. The number of rotatable bonds is 3. The summed E-state index contributed by atoms with van der Waals surface area (Å²) in [7, 11) is 0. The van der Waals surface area contributed by atoms with E-state index in [1.807, 2.05) is 0 Å². The monoisotopic (exact) mass is 232 g/mol. The Labute approximate surface area is 92.5 Å². The standard InChI is InChI=1S/C10H10Cl2O2/c1-10(11,12)8-4-2-7(3-5-8)6-9(13)14/h2-5H,6H2,1H3,(H,13,14). The molecule has 0 aliphatic rings. The van der Waals surface area contributed by atoms with Crippen molar-refractivity contribution in [3.8, 4) is 0 Å². The molecule has 4 heteroatoms. The molecule has 1 rings (SSSR count). The number of carboxylic acids is 1. The van der Waals surface area contributed by atoms with Crippen molar-refractivity contribution in [3.05, 3.63) is 35.4 Å². The van der Waals surface area contributed by atoms with Crippen LogP contribution in [-0.4, -0.2) is 11.1 Å². The summed E-state index contributed by atoms with van der Waals surface area (Å²) in [5.74, 6) is -0.850.